The molecule has 5 nitrogen and oxygen atoms in total. The number of carbonyl (C=O) groups excluding carboxylic acids is 2. The number of fused-ring (bicyclic) bond motifs is 2. The van der Waals surface area contributed by atoms with Gasteiger partial charge in [-0.05, 0) is 53.6 Å². The van der Waals surface area contributed by atoms with Crippen molar-refractivity contribution in [2.24, 2.45) is 0 Å². The fourth-order valence-corrected chi connectivity index (χ4v) is 5.46. The highest BCUT2D eigenvalue weighted by Gasteiger charge is 2.41. The second-order valence-corrected chi connectivity index (χ2v) is 8.38. The molecule has 0 bridgehead atoms. The Kier molecular flexibility index (Phi) is 3.72. The van der Waals surface area contributed by atoms with Gasteiger partial charge in [0.25, 0.3) is 5.24 Å². The number of amides is 2. The van der Waals surface area contributed by atoms with Crippen LogP contribution in [-0.4, -0.2) is 21.4 Å². The highest BCUT2D eigenvalue weighted by molar-refractivity contribution is 8.15. The fraction of sp³-hybridized carbons (Fsp3) is 0.211. The number of thiophene rings is 1. The smallest absolute Gasteiger partial charge is 0.286 e. The lowest BCUT2D eigenvalue weighted by molar-refractivity contribution is -0.119. The number of rotatable bonds is 3. The maximum Gasteiger partial charge on any atom is 0.286 e. The van der Waals surface area contributed by atoms with E-state index in [0.29, 0.717) is 0 Å². The number of nitrogens with one attached hydrogen (secondary N) is 1. The number of nitrogens with zero attached hydrogens (tertiary/aromatic N) is 1. The molecule has 5 rings (SSSR count). The summed E-state index contributed by atoms with van der Waals surface area (Å²) in [5.41, 5.74) is 2.34. The molecular formula is C19H14N2O3S2. The third kappa shape index (κ3) is 2.59. The molecule has 1 aromatic carbocycles. The summed E-state index contributed by atoms with van der Waals surface area (Å²) in [5.74, 6) is 1.49. The largest absolute Gasteiger partial charge is 0.457 e. The van der Waals surface area contributed by atoms with Crippen LogP contribution in [0.2, 0.25) is 0 Å². The molecular weight excluding hydrogens is 368 g/mol. The minimum absolute atomic E-state index is 0.0833. The summed E-state index contributed by atoms with van der Waals surface area (Å²) < 4.78 is 6.10. The highest BCUT2D eigenvalue weighted by Crippen LogP contribution is 2.43. The third-order valence-electron chi connectivity index (χ3n) is 4.88. The first-order valence-corrected chi connectivity index (χ1v) is 10.1. The minimum Gasteiger partial charge on any atom is -0.457 e. The number of benzene rings is 1. The van der Waals surface area contributed by atoms with E-state index < -0.39 is 0 Å². The number of carbonyl (C=O) groups is 2. The van der Waals surface area contributed by atoms with Gasteiger partial charge in [0, 0.05) is 12.1 Å². The maximum absolute atomic E-state index is 12.0. The number of aryl methyl sites for hydroxylation is 1. The molecule has 1 aliphatic heterocycles. The van der Waals surface area contributed by atoms with E-state index in [1.807, 2.05) is 35.7 Å². The Morgan fingerprint density at radius 1 is 1.19 bits per heavy atom. The van der Waals surface area contributed by atoms with Gasteiger partial charge >= 0.3 is 0 Å². The molecule has 2 aliphatic rings. The molecule has 1 unspecified atom stereocenters. The first-order chi connectivity index (χ1) is 12.7. The summed E-state index contributed by atoms with van der Waals surface area (Å²) in [5, 5.41) is 4.84. The Balaban J connectivity index is 1.43. The van der Waals surface area contributed by atoms with E-state index in [-0.39, 0.29) is 22.3 Å². The third-order valence-corrected chi connectivity index (χ3v) is 6.81. The van der Waals surface area contributed by atoms with Gasteiger partial charge in [-0.15, -0.1) is 11.3 Å². The summed E-state index contributed by atoms with van der Waals surface area (Å²) in [6.07, 6.45) is 3.52. The number of hydrogen-bond donors (Lipinski definition) is 1. The molecule has 1 saturated heterocycles. The second kappa shape index (κ2) is 6.10. The van der Waals surface area contributed by atoms with Crippen molar-refractivity contribution in [2.75, 3.05) is 0 Å². The second-order valence-electron chi connectivity index (χ2n) is 6.37. The fourth-order valence-electron chi connectivity index (χ4n) is 3.71. The van der Waals surface area contributed by atoms with Crippen LogP contribution in [0.15, 0.2) is 41.9 Å². The van der Waals surface area contributed by atoms with Gasteiger partial charge < -0.3 is 4.74 Å². The van der Waals surface area contributed by atoms with Crippen molar-refractivity contribution in [3.63, 3.8) is 0 Å². The summed E-state index contributed by atoms with van der Waals surface area (Å²) in [6.45, 7) is 0. The number of imide groups is 1. The van der Waals surface area contributed by atoms with Gasteiger partial charge in [0.2, 0.25) is 5.91 Å². The standard InChI is InChI=1S/C19H14N2O3S2/c22-17-16(26-19(23)21-17)13-3-1-10-9-11(2-4-12(10)13)24-15-5-7-20-18-14(15)6-8-25-18/h2,4-9,13,16H,1,3H2,(H,21,22,23)/t13-,16?/m1/s1. The first kappa shape index (κ1) is 15.8. The molecule has 0 saturated carbocycles. The number of thioether (sulfide) groups is 1. The summed E-state index contributed by atoms with van der Waals surface area (Å²) in [7, 11) is 0. The lowest BCUT2D eigenvalue weighted by Crippen LogP contribution is -2.27. The summed E-state index contributed by atoms with van der Waals surface area (Å²) in [6, 6.07) is 9.91. The van der Waals surface area contributed by atoms with Crippen molar-refractivity contribution in [3.05, 3.63) is 53.0 Å². The summed E-state index contributed by atoms with van der Waals surface area (Å²) in [4.78, 5) is 28.8. The van der Waals surface area contributed by atoms with E-state index in [9.17, 15) is 9.59 Å². The number of hydrogen-bond acceptors (Lipinski definition) is 6. The van der Waals surface area contributed by atoms with Crippen molar-refractivity contribution in [1.29, 1.82) is 0 Å². The van der Waals surface area contributed by atoms with Crippen LogP contribution in [0.1, 0.15) is 23.5 Å². The van der Waals surface area contributed by atoms with E-state index in [2.05, 4.69) is 10.3 Å². The van der Waals surface area contributed by atoms with E-state index in [0.717, 1.165) is 51.9 Å². The quantitative estimate of drug-likeness (QED) is 0.724. The van der Waals surface area contributed by atoms with Crippen LogP contribution in [-0.2, 0) is 11.2 Å². The Bertz CT molecular complexity index is 1050. The van der Waals surface area contributed by atoms with Crippen LogP contribution in [0.3, 0.4) is 0 Å². The zero-order valence-corrected chi connectivity index (χ0v) is 15.2. The number of ether oxygens (including phenoxy) is 1. The zero-order valence-electron chi connectivity index (χ0n) is 13.6. The molecule has 7 heteroatoms. The molecule has 3 aromatic rings. The van der Waals surface area contributed by atoms with Crippen molar-refractivity contribution in [1.82, 2.24) is 10.3 Å². The minimum atomic E-state index is -0.318. The van der Waals surface area contributed by atoms with Crippen LogP contribution < -0.4 is 10.1 Å². The topological polar surface area (TPSA) is 68.3 Å². The molecule has 1 N–H and O–H groups in total. The van der Waals surface area contributed by atoms with Crippen LogP contribution >= 0.6 is 23.1 Å². The number of pyridine rings is 1. The van der Waals surface area contributed by atoms with Gasteiger partial charge in [0.15, 0.2) is 0 Å². The zero-order chi connectivity index (χ0) is 17.7. The van der Waals surface area contributed by atoms with Gasteiger partial charge in [-0.25, -0.2) is 4.98 Å². The van der Waals surface area contributed by atoms with Gasteiger partial charge in [0.05, 0.1) is 5.39 Å². The van der Waals surface area contributed by atoms with E-state index in [1.165, 1.54) is 5.56 Å². The van der Waals surface area contributed by atoms with E-state index in [4.69, 9.17) is 4.74 Å². The molecule has 130 valence electrons. The predicted octanol–water partition coefficient (Wildman–Crippen LogP) is 4.47. The normalized spacial score (nSPS) is 21.8. The van der Waals surface area contributed by atoms with Gasteiger partial charge in [-0.1, -0.05) is 17.8 Å². The predicted molar refractivity (Wildman–Crippen MR) is 102 cm³/mol. The molecule has 0 radical (unpaired) electrons. The molecule has 3 heterocycles. The van der Waals surface area contributed by atoms with E-state index in [1.54, 1.807) is 17.5 Å². The molecule has 1 aliphatic carbocycles. The molecule has 2 aromatic heterocycles. The van der Waals surface area contributed by atoms with Gasteiger partial charge in [0.1, 0.15) is 21.6 Å². The SMILES string of the molecule is O=C1NC(=O)C([C@@H]2CCc3cc(Oc4ccnc5sccc45)ccc32)S1. The molecule has 26 heavy (non-hydrogen) atoms. The molecule has 1 fully saturated rings. The summed E-state index contributed by atoms with van der Waals surface area (Å²) >= 11 is 2.70. The Labute approximate surface area is 157 Å². The Morgan fingerprint density at radius 2 is 2.12 bits per heavy atom. The van der Waals surface area contributed by atoms with Crippen molar-refractivity contribution < 1.29 is 14.3 Å². The van der Waals surface area contributed by atoms with Crippen LogP contribution in [0.5, 0.6) is 11.5 Å². The lowest BCUT2D eigenvalue weighted by atomic mass is 9.97. The molecule has 2 atom stereocenters. The molecule has 2 amide bonds. The number of aromatic nitrogens is 1. The Morgan fingerprint density at radius 3 is 2.96 bits per heavy atom. The van der Waals surface area contributed by atoms with Crippen LogP contribution in [0.25, 0.3) is 10.2 Å². The van der Waals surface area contributed by atoms with Crippen LogP contribution in [0.4, 0.5) is 4.79 Å². The van der Waals surface area contributed by atoms with Crippen LogP contribution in [0, 0.1) is 0 Å². The van der Waals surface area contributed by atoms with Crippen molar-refractivity contribution in [2.45, 2.75) is 24.0 Å². The molecule has 0 spiro atoms. The average Bonchev–Trinajstić information content (AvgIpc) is 3.33. The lowest BCUT2D eigenvalue weighted by Gasteiger charge is -2.16. The van der Waals surface area contributed by atoms with Crippen molar-refractivity contribution >= 4 is 44.5 Å². The maximum atomic E-state index is 12.0. The van der Waals surface area contributed by atoms with Gasteiger partial charge in [-0.3, -0.25) is 14.9 Å². The monoisotopic (exact) mass is 382 g/mol. The van der Waals surface area contributed by atoms with Crippen molar-refractivity contribution in [3.8, 4) is 11.5 Å². The Hall–Kier alpha value is -2.38. The first-order valence-electron chi connectivity index (χ1n) is 8.33. The average molecular weight is 382 g/mol. The van der Waals surface area contributed by atoms with Gasteiger partial charge in [-0.2, -0.15) is 0 Å². The van der Waals surface area contributed by atoms with E-state index >= 15 is 0 Å². The highest BCUT2D eigenvalue weighted by atomic mass is 32.2.